The topological polar surface area (TPSA) is 55.8 Å². The highest BCUT2D eigenvalue weighted by atomic mass is 16.6. The molecule has 1 aliphatic heterocycles. The molecule has 0 unspecified atom stereocenters. The molecule has 2 aliphatic rings. The number of fused-ring (bicyclic) bond motifs is 1. The second-order valence-electron chi connectivity index (χ2n) is 6.83. The fourth-order valence-corrected chi connectivity index (χ4v) is 4.08. The van der Waals surface area contributed by atoms with Crippen LogP contribution in [0.3, 0.4) is 0 Å². The van der Waals surface area contributed by atoms with Gasteiger partial charge in [0.15, 0.2) is 0 Å². The number of β-lactam (4-membered cyclic amide) rings is 1. The van der Waals surface area contributed by atoms with Crippen LogP contribution in [-0.2, 0) is 27.2 Å². The Kier molecular flexibility index (Phi) is 4.15. The standard InChI is InChI=1S/C21H21NO4/c1-13(23)26-20-19(16-8-5-9-18(12-16)25-2)22(21(20)24)17-10-14-6-3-4-7-15(14)11-17/h3-9,12,17,19-20H,10-11H2,1-2H3/t19-,20+/m1/s1. The van der Waals surface area contributed by atoms with E-state index in [9.17, 15) is 9.59 Å². The van der Waals surface area contributed by atoms with Gasteiger partial charge in [0, 0.05) is 13.0 Å². The number of hydrogen-bond donors (Lipinski definition) is 0. The minimum atomic E-state index is -0.761. The zero-order valence-electron chi connectivity index (χ0n) is 14.8. The van der Waals surface area contributed by atoms with E-state index in [0.29, 0.717) is 0 Å². The molecular formula is C21H21NO4. The van der Waals surface area contributed by atoms with Gasteiger partial charge in [0.25, 0.3) is 5.91 Å². The van der Waals surface area contributed by atoms with E-state index < -0.39 is 12.1 Å². The van der Waals surface area contributed by atoms with Gasteiger partial charge < -0.3 is 14.4 Å². The molecule has 1 aliphatic carbocycles. The van der Waals surface area contributed by atoms with E-state index in [0.717, 1.165) is 24.2 Å². The Morgan fingerprint density at radius 1 is 1.08 bits per heavy atom. The van der Waals surface area contributed by atoms with E-state index in [1.807, 2.05) is 41.3 Å². The average molecular weight is 351 g/mol. The summed E-state index contributed by atoms with van der Waals surface area (Å²) in [7, 11) is 1.61. The number of ether oxygens (including phenoxy) is 2. The summed E-state index contributed by atoms with van der Waals surface area (Å²) in [5.41, 5.74) is 3.49. The Bertz CT molecular complexity index is 838. The minimum absolute atomic E-state index is 0.0860. The summed E-state index contributed by atoms with van der Waals surface area (Å²) >= 11 is 0. The summed E-state index contributed by atoms with van der Waals surface area (Å²) in [5.74, 6) is 0.162. The van der Waals surface area contributed by atoms with Gasteiger partial charge in [-0.3, -0.25) is 9.59 Å². The molecule has 0 N–H and O–H groups in total. The lowest BCUT2D eigenvalue weighted by molar-refractivity contribution is -0.186. The number of likely N-dealkylation sites (tertiary alicyclic amines) is 1. The van der Waals surface area contributed by atoms with E-state index >= 15 is 0 Å². The molecule has 1 saturated heterocycles. The van der Waals surface area contributed by atoms with Crippen LogP contribution in [0, 0.1) is 0 Å². The number of esters is 1. The van der Waals surface area contributed by atoms with Crippen LogP contribution < -0.4 is 4.74 Å². The summed E-state index contributed by atoms with van der Waals surface area (Å²) in [6.45, 7) is 1.34. The second-order valence-corrected chi connectivity index (χ2v) is 6.83. The van der Waals surface area contributed by atoms with Crippen LogP contribution in [0.25, 0.3) is 0 Å². The second kappa shape index (κ2) is 6.48. The van der Waals surface area contributed by atoms with Crippen LogP contribution in [0.4, 0.5) is 0 Å². The molecular weight excluding hydrogens is 330 g/mol. The molecule has 5 nitrogen and oxygen atoms in total. The number of carbonyl (C=O) groups is 2. The van der Waals surface area contributed by atoms with Crippen LogP contribution in [0.5, 0.6) is 5.75 Å². The molecule has 134 valence electrons. The highest BCUT2D eigenvalue weighted by Gasteiger charge is 2.54. The lowest BCUT2D eigenvalue weighted by Crippen LogP contribution is -2.63. The first-order valence-electron chi connectivity index (χ1n) is 8.78. The highest BCUT2D eigenvalue weighted by molar-refractivity contribution is 5.91. The smallest absolute Gasteiger partial charge is 0.303 e. The Balaban J connectivity index is 1.64. The molecule has 1 fully saturated rings. The predicted molar refractivity (Wildman–Crippen MR) is 95.8 cm³/mol. The third kappa shape index (κ3) is 2.73. The number of rotatable bonds is 4. The Morgan fingerprint density at radius 2 is 1.77 bits per heavy atom. The first kappa shape index (κ1) is 16.6. The average Bonchev–Trinajstić information content (AvgIpc) is 3.06. The van der Waals surface area contributed by atoms with Gasteiger partial charge in [-0.15, -0.1) is 0 Å². The van der Waals surface area contributed by atoms with Crippen molar-refractivity contribution in [2.24, 2.45) is 0 Å². The van der Waals surface area contributed by atoms with Crippen molar-refractivity contribution in [3.05, 3.63) is 65.2 Å². The molecule has 26 heavy (non-hydrogen) atoms. The minimum Gasteiger partial charge on any atom is -0.497 e. The molecule has 0 saturated carbocycles. The molecule has 1 heterocycles. The van der Waals surface area contributed by atoms with Crippen molar-refractivity contribution in [2.75, 3.05) is 7.11 Å². The molecule has 0 spiro atoms. The maximum atomic E-state index is 12.8. The van der Waals surface area contributed by atoms with Gasteiger partial charge in [0.1, 0.15) is 11.8 Å². The third-order valence-corrected chi connectivity index (χ3v) is 5.24. The van der Waals surface area contributed by atoms with Gasteiger partial charge in [-0.05, 0) is 41.7 Å². The van der Waals surface area contributed by atoms with E-state index in [1.165, 1.54) is 18.1 Å². The largest absolute Gasteiger partial charge is 0.497 e. The normalized spacial score (nSPS) is 21.9. The van der Waals surface area contributed by atoms with Crippen molar-refractivity contribution >= 4 is 11.9 Å². The Morgan fingerprint density at radius 3 is 2.38 bits per heavy atom. The van der Waals surface area contributed by atoms with Crippen molar-refractivity contribution in [1.29, 1.82) is 0 Å². The lowest BCUT2D eigenvalue weighted by atomic mass is 9.87. The summed E-state index contributed by atoms with van der Waals surface area (Å²) in [4.78, 5) is 26.1. The first-order valence-corrected chi connectivity index (χ1v) is 8.78. The van der Waals surface area contributed by atoms with E-state index in [-0.39, 0.29) is 18.0 Å². The monoisotopic (exact) mass is 351 g/mol. The van der Waals surface area contributed by atoms with Gasteiger partial charge >= 0.3 is 5.97 Å². The number of amides is 1. The lowest BCUT2D eigenvalue weighted by Gasteiger charge is -2.49. The number of methoxy groups -OCH3 is 1. The predicted octanol–water partition coefficient (Wildman–Crippen LogP) is 2.68. The van der Waals surface area contributed by atoms with Gasteiger partial charge in [0.2, 0.25) is 6.10 Å². The number of benzene rings is 2. The molecule has 2 atom stereocenters. The van der Waals surface area contributed by atoms with E-state index in [1.54, 1.807) is 7.11 Å². The molecule has 0 bridgehead atoms. The van der Waals surface area contributed by atoms with Crippen LogP contribution in [0.15, 0.2) is 48.5 Å². The number of nitrogens with zero attached hydrogens (tertiary/aromatic N) is 1. The maximum Gasteiger partial charge on any atom is 0.303 e. The van der Waals surface area contributed by atoms with E-state index in [4.69, 9.17) is 9.47 Å². The van der Waals surface area contributed by atoms with Crippen LogP contribution >= 0.6 is 0 Å². The third-order valence-electron chi connectivity index (χ3n) is 5.24. The summed E-state index contributed by atoms with van der Waals surface area (Å²) in [5, 5.41) is 0. The van der Waals surface area contributed by atoms with Crippen LogP contribution in [-0.4, -0.2) is 36.0 Å². The summed E-state index contributed by atoms with van der Waals surface area (Å²) < 4.78 is 10.7. The van der Waals surface area contributed by atoms with Crippen molar-refractivity contribution in [3.8, 4) is 5.75 Å². The Hall–Kier alpha value is -2.82. The van der Waals surface area contributed by atoms with Crippen molar-refractivity contribution < 1.29 is 19.1 Å². The van der Waals surface area contributed by atoms with Crippen molar-refractivity contribution in [3.63, 3.8) is 0 Å². The molecule has 4 rings (SSSR count). The van der Waals surface area contributed by atoms with E-state index in [2.05, 4.69) is 12.1 Å². The SMILES string of the molecule is COc1cccc([C@@H]2[C@H](OC(C)=O)C(=O)N2C2Cc3ccccc3C2)c1. The van der Waals surface area contributed by atoms with Crippen molar-refractivity contribution in [1.82, 2.24) is 4.90 Å². The van der Waals surface area contributed by atoms with Crippen molar-refractivity contribution in [2.45, 2.75) is 38.0 Å². The zero-order valence-corrected chi connectivity index (χ0v) is 14.8. The Labute approximate surface area is 152 Å². The molecule has 0 radical (unpaired) electrons. The van der Waals surface area contributed by atoms with Gasteiger partial charge in [0.05, 0.1) is 7.11 Å². The zero-order chi connectivity index (χ0) is 18.3. The summed E-state index contributed by atoms with van der Waals surface area (Å²) in [6.07, 6.45) is 0.896. The highest BCUT2D eigenvalue weighted by Crippen LogP contribution is 2.42. The molecule has 5 heteroatoms. The molecule has 2 aromatic carbocycles. The summed E-state index contributed by atoms with van der Waals surface area (Å²) in [6, 6.07) is 15.7. The quantitative estimate of drug-likeness (QED) is 0.628. The fourth-order valence-electron chi connectivity index (χ4n) is 4.08. The first-order chi connectivity index (χ1) is 12.6. The fraction of sp³-hybridized carbons (Fsp3) is 0.333. The van der Waals surface area contributed by atoms with Gasteiger partial charge in [-0.25, -0.2) is 0 Å². The van der Waals surface area contributed by atoms with Crippen LogP contribution in [0.2, 0.25) is 0 Å². The maximum absolute atomic E-state index is 12.8. The van der Waals surface area contributed by atoms with Gasteiger partial charge in [-0.1, -0.05) is 36.4 Å². The molecule has 1 amide bonds. The molecule has 0 aromatic heterocycles. The van der Waals surface area contributed by atoms with Gasteiger partial charge in [-0.2, -0.15) is 0 Å². The molecule has 2 aromatic rings. The van der Waals surface area contributed by atoms with Crippen LogP contribution in [0.1, 0.15) is 29.7 Å². The number of hydrogen-bond acceptors (Lipinski definition) is 4. The number of carbonyl (C=O) groups excluding carboxylic acids is 2.